The van der Waals surface area contributed by atoms with Crippen LogP contribution in [0.3, 0.4) is 0 Å². The molecule has 0 bridgehead atoms. The normalized spacial score (nSPS) is 10.8. The molecule has 0 radical (unpaired) electrons. The molecule has 0 aliphatic rings. The number of para-hydroxylation sites is 1. The molecule has 4 heteroatoms. The number of benzene rings is 1. The van der Waals surface area contributed by atoms with E-state index in [2.05, 4.69) is 0 Å². The Hall–Kier alpha value is -1.48. The topological polar surface area (TPSA) is 42.2 Å². The molecular weight excluding hydrogens is 214 g/mol. The van der Waals surface area contributed by atoms with Gasteiger partial charge in [-0.05, 0) is 12.5 Å². The molecule has 2 rings (SSSR count). The summed E-state index contributed by atoms with van der Waals surface area (Å²) in [7, 11) is 0. The first-order chi connectivity index (χ1) is 7.09. The Morgan fingerprint density at radius 3 is 2.93 bits per heavy atom. The fraction of sp³-hybridized carbons (Fsp3) is 0.182. The summed E-state index contributed by atoms with van der Waals surface area (Å²) < 4.78 is 1.66. The van der Waals surface area contributed by atoms with Crippen molar-refractivity contribution < 1.29 is 9.90 Å². The Bertz CT molecular complexity index is 531. The summed E-state index contributed by atoms with van der Waals surface area (Å²) in [5, 5.41) is 10.3. The van der Waals surface area contributed by atoms with Gasteiger partial charge in [0.05, 0.1) is 10.5 Å². The highest BCUT2D eigenvalue weighted by molar-refractivity contribution is 6.35. The zero-order chi connectivity index (χ0) is 11.0. The molecule has 0 spiro atoms. The first-order valence-corrected chi connectivity index (χ1v) is 4.93. The van der Waals surface area contributed by atoms with E-state index in [0.717, 1.165) is 16.5 Å². The minimum Gasteiger partial charge on any atom is -0.480 e. The highest BCUT2D eigenvalue weighted by Crippen LogP contribution is 2.27. The van der Waals surface area contributed by atoms with Gasteiger partial charge in [0.15, 0.2) is 0 Å². The van der Waals surface area contributed by atoms with Gasteiger partial charge in [-0.15, -0.1) is 0 Å². The molecular formula is C11H10ClNO2. The molecule has 1 aromatic heterocycles. The minimum absolute atomic E-state index is 0.0614. The first-order valence-electron chi connectivity index (χ1n) is 4.55. The van der Waals surface area contributed by atoms with Crippen molar-refractivity contribution in [3.63, 3.8) is 0 Å². The summed E-state index contributed by atoms with van der Waals surface area (Å²) in [6, 6.07) is 5.74. The molecule has 0 fully saturated rings. The van der Waals surface area contributed by atoms with Crippen LogP contribution in [0.5, 0.6) is 0 Å². The maximum Gasteiger partial charge on any atom is 0.323 e. The lowest BCUT2D eigenvalue weighted by atomic mass is 10.2. The summed E-state index contributed by atoms with van der Waals surface area (Å²) in [5.74, 6) is -0.869. The van der Waals surface area contributed by atoms with Crippen molar-refractivity contribution in [3.05, 3.63) is 35.0 Å². The molecule has 1 N–H and O–H groups in total. The van der Waals surface area contributed by atoms with Gasteiger partial charge in [-0.1, -0.05) is 29.8 Å². The average molecular weight is 224 g/mol. The lowest BCUT2D eigenvalue weighted by molar-refractivity contribution is -0.137. The van der Waals surface area contributed by atoms with Crippen molar-refractivity contribution in [1.29, 1.82) is 0 Å². The lowest BCUT2D eigenvalue weighted by Crippen LogP contribution is -2.07. The molecule has 0 saturated heterocycles. The van der Waals surface area contributed by atoms with Crippen molar-refractivity contribution in [1.82, 2.24) is 4.57 Å². The average Bonchev–Trinajstić information content (AvgIpc) is 2.44. The fourth-order valence-electron chi connectivity index (χ4n) is 1.77. The van der Waals surface area contributed by atoms with Crippen LogP contribution < -0.4 is 0 Å². The molecule has 0 aliphatic carbocycles. The predicted molar refractivity (Wildman–Crippen MR) is 59.3 cm³/mol. The molecule has 0 amide bonds. The second-order valence-corrected chi connectivity index (χ2v) is 3.88. The maximum absolute atomic E-state index is 10.7. The zero-order valence-electron chi connectivity index (χ0n) is 8.20. The minimum atomic E-state index is -0.869. The molecule has 15 heavy (non-hydrogen) atoms. The quantitative estimate of drug-likeness (QED) is 0.851. The van der Waals surface area contributed by atoms with Crippen molar-refractivity contribution in [3.8, 4) is 0 Å². The molecule has 0 saturated carbocycles. The number of halogens is 1. The second-order valence-electron chi connectivity index (χ2n) is 3.47. The number of carboxylic acids is 1. The summed E-state index contributed by atoms with van der Waals surface area (Å²) in [5.41, 5.74) is 1.92. The Kier molecular flexibility index (Phi) is 2.40. The van der Waals surface area contributed by atoms with Gasteiger partial charge in [0.25, 0.3) is 0 Å². The van der Waals surface area contributed by atoms with Crippen LogP contribution in [0, 0.1) is 6.92 Å². The maximum atomic E-state index is 10.7. The number of carboxylic acid groups (broad SMARTS) is 1. The van der Waals surface area contributed by atoms with Crippen LogP contribution >= 0.6 is 11.6 Å². The van der Waals surface area contributed by atoms with Crippen LogP contribution in [0.2, 0.25) is 5.02 Å². The summed E-state index contributed by atoms with van der Waals surface area (Å²) in [6.07, 6.45) is 1.66. The third-order valence-corrected chi connectivity index (χ3v) is 2.66. The Morgan fingerprint density at radius 2 is 2.27 bits per heavy atom. The number of nitrogens with zero attached hydrogens (tertiary/aromatic N) is 1. The third kappa shape index (κ3) is 1.70. The Balaban J connectivity index is 2.70. The number of aliphatic carboxylic acids is 1. The molecule has 3 nitrogen and oxygen atoms in total. The molecule has 0 aliphatic heterocycles. The van der Waals surface area contributed by atoms with Crippen LogP contribution in [-0.2, 0) is 11.3 Å². The molecule has 78 valence electrons. The number of carbonyl (C=O) groups is 1. The van der Waals surface area contributed by atoms with Gasteiger partial charge in [-0.3, -0.25) is 4.79 Å². The zero-order valence-corrected chi connectivity index (χ0v) is 8.95. The van der Waals surface area contributed by atoms with Crippen LogP contribution in [0.4, 0.5) is 0 Å². The lowest BCUT2D eigenvalue weighted by Gasteiger charge is -2.03. The highest BCUT2D eigenvalue weighted by Gasteiger charge is 2.10. The molecule has 1 aromatic carbocycles. The summed E-state index contributed by atoms with van der Waals surface area (Å²) in [4.78, 5) is 10.7. The van der Waals surface area contributed by atoms with E-state index in [1.165, 1.54) is 0 Å². The monoisotopic (exact) mass is 223 g/mol. The van der Waals surface area contributed by atoms with Crippen molar-refractivity contribution in [2.45, 2.75) is 13.5 Å². The van der Waals surface area contributed by atoms with E-state index in [9.17, 15) is 4.79 Å². The van der Waals surface area contributed by atoms with Crippen molar-refractivity contribution in [2.24, 2.45) is 0 Å². The van der Waals surface area contributed by atoms with E-state index in [1.807, 2.05) is 25.1 Å². The van der Waals surface area contributed by atoms with Crippen LogP contribution in [-0.4, -0.2) is 15.6 Å². The Morgan fingerprint density at radius 1 is 1.53 bits per heavy atom. The van der Waals surface area contributed by atoms with Gasteiger partial charge in [0, 0.05) is 11.6 Å². The standard InChI is InChI=1S/C11H10ClNO2/c1-7-3-2-4-8-9(12)5-13(11(7)8)6-10(14)15/h2-5H,6H2,1H3,(H,14,15). The Labute approximate surface area is 91.9 Å². The molecule has 2 aromatic rings. The van der Waals surface area contributed by atoms with E-state index in [4.69, 9.17) is 16.7 Å². The third-order valence-electron chi connectivity index (χ3n) is 2.36. The summed E-state index contributed by atoms with van der Waals surface area (Å²) in [6.45, 7) is 1.88. The van der Waals surface area contributed by atoms with E-state index < -0.39 is 5.97 Å². The van der Waals surface area contributed by atoms with Crippen molar-refractivity contribution >= 4 is 28.5 Å². The number of hydrogen-bond acceptors (Lipinski definition) is 1. The second kappa shape index (κ2) is 3.59. The van der Waals surface area contributed by atoms with Crippen molar-refractivity contribution in [2.75, 3.05) is 0 Å². The molecule has 0 atom stereocenters. The van der Waals surface area contributed by atoms with Crippen LogP contribution in [0.15, 0.2) is 24.4 Å². The smallest absolute Gasteiger partial charge is 0.323 e. The highest BCUT2D eigenvalue weighted by atomic mass is 35.5. The number of aromatic nitrogens is 1. The van der Waals surface area contributed by atoms with Gasteiger partial charge in [-0.25, -0.2) is 0 Å². The van der Waals surface area contributed by atoms with Gasteiger partial charge < -0.3 is 9.67 Å². The SMILES string of the molecule is Cc1cccc2c(Cl)cn(CC(=O)O)c12. The van der Waals surface area contributed by atoms with E-state index in [-0.39, 0.29) is 6.54 Å². The fourth-order valence-corrected chi connectivity index (χ4v) is 2.04. The van der Waals surface area contributed by atoms with E-state index in [1.54, 1.807) is 10.8 Å². The number of aryl methyl sites for hydroxylation is 1. The molecule has 0 unspecified atom stereocenters. The van der Waals surface area contributed by atoms with Gasteiger partial charge in [0.2, 0.25) is 0 Å². The van der Waals surface area contributed by atoms with Crippen LogP contribution in [0.25, 0.3) is 10.9 Å². The van der Waals surface area contributed by atoms with Crippen LogP contribution in [0.1, 0.15) is 5.56 Å². The van der Waals surface area contributed by atoms with Gasteiger partial charge in [-0.2, -0.15) is 0 Å². The van der Waals surface area contributed by atoms with Gasteiger partial charge >= 0.3 is 5.97 Å². The largest absolute Gasteiger partial charge is 0.480 e. The molecule has 1 heterocycles. The number of hydrogen-bond donors (Lipinski definition) is 1. The first kappa shape index (κ1) is 10.1. The van der Waals surface area contributed by atoms with E-state index in [0.29, 0.717) is 5.02 Å². The number of rotatable bonds is 2. The number of fused-ring (bicyclic) bond motifs is 1. The summed E-state index contributed by atoms with van der Waals surface area (Å²) >= 11 is 6.02. The predicted octanol–water partition coefficient (Wildman–Crippen LogP) is 2.69. The van der Waals surface area contributed by atoms with E-state index >= 15 is 0 Å². The van der Waals surface area contributed by atoms with Gasteiger partial charge in [0.1, 0.15) is 6.54 Å².